The van der Waals surface area contributed by atoms with Gasteiger partial charge in [0, 0.05) is 41.3 Å². The summed E-state index contributed by atoms with van der Waals surface area (Å²) in [4.78, 5) is 7.32. The molecule has 4 nitrogen and oxygen atoms in total. The zero-order valence-electron chi connectivity index (χ0n) is 16.0. The highest BCUT2D eigenvalue weighted by Gasteiger charge is 2.10. The fourth-order valence-electron chi connectivity index (χ4n) is 3.61. The van der Waals surface area contributed by atoms with Gasteiger partial charge in [0.25, 0.3) is 0 Å². The standard InChI is InChI=1S/C23H26ClN3O/c24-19-8-9-21-20(16-19)23(17-22(26-21)18-6-2-1-3-7-18)25-10-4-5-11-27-12-14-28-15-13-27/h1-3,6-9,16-17H,4-5,10-15H2,(H,25,26). The number of rotatable bonds is 7. The summed E-state index contributed by atoms with van der Waals surface area (Å²) < 4.78 is 5.41. The van der Waals surface area contributed by atoms with Crippen molar-refractivity contribution in [2.75, 3.05) is 44.7 Å². The van der Waals surface area contributed by atoms with E-state index in [9.17, 15) is 0 Å². The first-order valence-electron chi connectivity index (χ1n) is 9.99. The summed E-state index contributed by atoms with van der Waals surface area (Å²) in [5.41, 5.74) is 4.15. The number of halogens is 1. The van der Waals surface area contributed by atoms with Crippen molar-refractivity contribution in [3.8, 4) is 11.3 Å². The van der Waals surface area contributed by atoms with Gasteiger partial charge in [0.15, 0.2) is 0 Å². The number of aromatic nitrogens is 1. The van der Waals surface area contributed by atoms with Crippen molar-refractivity contribution in [3.05, 3.63) is 59.6 Å². The topological polar surface area (TPSA) is 37.4 Å². The van der Waals surface area contributed by atoms with Gasteiger partial charge in [0.1, 0.15) is 0 Å². The van der Waals surface area contributed by atoms with Crippen molar-refractivity contribution >= 4 is 28.2 Å². The molecule has 0 saturated carbocycles. The number of morpholine rings is 1. The van der Waals surface area contributed by atoms with Crippen LogP contribution in [0.3, 0.4) is 0 Å². The Labute approximate surface area is 171 Å². The molecule has 0 atom stereocenters. The van der Waals surface area contributed by atoms with Gasteiger partial charge in [-0.3, -0.25) is 4.90 Å². The number of unbranched alkanes of at least 4 members (excludes halogenated alkanes) is 1. The lowest BCUT2D eigenvalue weighted by Crippen LogP contribution is -2.36. The van der Waals surface area contributed by atoms with Gasteiger partial charge < -0.3 is 10.1 Å². The van der Waals surface area contributed by atoms with Crippen LogP contribution in [0.5, 0.6) is 0 Å². The molecule has 0 unspecified atom stereocenters. The minimum absolute atomic E-state index is 0.733. The highest BCUT2D eigenvalue weighted by Crippen LogP contribution is 2.30. The zero-order valence-corrected chi connectivity index (χ0v) is 16.8. The van der Waals surface area contributed by atoms with Crippen LogP contribution >= 0.6 is 11.6 Å². The van der Waals surface area contributed by atoms with Crippen LogP contribution in [0.15, 0.2) is 54.6 Å². The molecule has 1 fully saturated rings. The van der Waals surface area contributed by atoms with Crippen molar-refractivity contribution in [1.29, 1.82) is 0 Å². The van der Waals surface area contributed by atoms with Crippen molar-refractivity contribution in [3.63, 3.8) is 0 Å². The van der Waals surface area contributed by atoms with E-state index >= 15 is 0 Å². The maximum Gasteiger partial charge on any atom is 0.0731 e. The number of benzene rings is 2. The predicted molar refractivity (Wildman–Crippen MR) is 117 cm³/mol. The van der Waals surface area contributed by atoms with E-state index in [1.807, 2.05) is 36.4 Å². The Morgan fingerprint density at radius 2 is 1.82 bits per heavy atom. The van der Waals surface area contributed by atoms with Crippen LogP contribution in [0.25, 0.3) is 22.2 Å². The summed E-state index contributed by atoms with van der Waals surface area (Å²) in [5.74, 6) is 0. The fourth-order valence-corrected chi connectivity index (χ4v) is 3.78. The van der Waals surface area contributed by atoms with E-state index in [1.54, 1.807) is 0 Å². The van der Waals surface area contributed by atoms with Crippen LogP contribution in [-0.4, -0.2) is 49.3 Å². The molecule has 1 saturated heterocycles. The number of ether oxygens (including phenoxy) is 1. The maximum absolute atomic E-state index is 6.25. The molecule has 28 heavy (non-hydrogen) atoms. The van der Waals surface area contributed by atoms with Crippen LogP contribution in [0.1, 0.15) is 12.8 Å². The summed E-state index contributed by atoms with van der Waals surface area (Å²) in [6.45, 7) is 5.92. The molecular formula is C23H26ClN3O. The fraction of sp³-hybridized carbons (Fsp3) is 0.348. The second-order valence-electron chi connectivity index (χ2n) is 7.17. The number of anilines is 1. The number of hydrogen-bond donors (Lipinski definition) is 1. The Morgan fingerprint density at radius 1 is 1.00 bits per heavy atom. The van der Waals surface area contributed by atoms with Crippen molar-refractivity contribution in [1.82, 2.24) is 9.88 Å². The second kappa shape index (κ2) is 9.37. The largest absolute Gasteiger partial charge is 0.384 e. The summed E-state index contributed by atoms with van der Waals surface area (Å²) in [5, 5.41) is 5.42. The van der Waals surface area contributed by atoms with E-state index in [1.165, 1.54) is 6.42 Å². The van der Waals surface area contributed by atoms with Crippen molar-refractivity contribution in [2.45, 2.75) is 12.8 Å². The normalized spacial score (nSPS) is 15.0. The van der Waals surface area contributed by atoms with Gasteiger partial charge >= 0.3 is 0 Å². The Balaban J connectivity index is 1.46. The average molecular weight is 396 g/mol. The van der Waals surface area contributed by atoms with E-state index in [4.69, 9.17) is 21.3 Å². The lowest BCUT2D eigenvalue weighted by Gasteiger charge is -2.26. The molecule has 1 aromatic heterocycles. The van der Waals surface area contributed by atoms with Gasteiger partial charge in [-0.2, -0.15) is 0 Å². The lowest BCUT2D eigenvalue weighted by molar-refractivity contribution is 0.0373. The average Bonchev–Trinajstić information content (AvgIpc) is 2.75. The van der Waals surface area contributed by atoms with Crippen LogP contribution in [0, 0.1) is 0 Å². The highest BCUT2D eigenvalue weighted by molar-refractivity contribution is 6.31. The molecule has 3 aromatic rings. The second-order valence-corrected chi connectivity index (χ2v) is 7.61. The first-order chi connectivity index (χ1) is 13.8. The van der Waals surface area contributed by atoms with Gasteiger partial charge in [0.05, 0.1) is 24.4 Å². The minimum atomic E-state index is 0.733. The number of hydrogen-bond acceptors (Lipinski definition) is 4. The smallest absolute Gasteiger partial charge is 0.0731 e. The monoisotopic (exact) mass is 395 g/mol. The predicted octanol–water partition coefficient (Wildman–Crippen LogP) is 5.08. The summed E-state index contributed by atoms with van der Waals surface area (Å²) in [6, 6.07) is 18.3. The van der Waals surface area contributed by atoms with Gasteiger partial charge in [0.2, 0.25) is 0 Å². The van der Waals surface area contributed by atoms with Crippen LogP contribution in [0.2, 0.25) is 5.02 Å². The molecule has 2 aromatic carbocycles. The molecular weight excluding hydrogens is 370 g/mol. The maximum atomic E-state index is 6.25. The zero-order chi connectivity index (χ0) is 19.2. The third-order valence-corrected chi connectivity index (χ3v) is 5.40. The van der Waals surface area contributed by atoms with E-state index in [-0.39, 0.29) is 0 Å². The van der Waals surface area contributed by atoms with E-state index in [0.29, 0.717) is 0 Å². The van der Waals surface area contributed by atoms with Crippen LogP contribution in [-0.2, 0) is 4.74 Å². The quantitative estimate of drug-likeness (QED) is 0.566. The molecule has 0 amide bonds. The Hall–Kier alpha value is -2.14. The van der Waals surface area contributed by atoms with Gasteiger partial charge in [-0.05, 0) is 43.7 Å². The highest BCUT2D eigenvalue weighted by atomic mass is 35.5. The lowest BCUT2D eigenvalue weighted by atomic mass is 10.1. The Kier molecular flexibility index (Phi) is 6.42. The first kappa shape index (κ1) is 19.2. The summed E-state index contributed by atoms with van der Waals surface area (Å²) in [6.07, 6.45) is 2.31. The van der Waals surface area contributed by atoms with Crippen molar-refractivity contribution in [2.24, 2.45) is 0 Å². The number of nitrogens with zero attached hydrogens (tertiary/aromatic N) is 2. The molecule has 146 valence electrons. The molecule has 1 aliphatic heterocycles. The van der Waals surface area contributed by atoms with Crippen molar-refractivity contribution < 1.29 is 4.74 Å². The molecule has 0 spiro atoms. The molecule has 2 heterocycles. The third kappa shape index (κ3) is 4.82. The molecule has 1 N–H and O–H groups in total. The van der Waals surface area contributed by atoms with Gasteiger partial charge in [-0.1, -0.05) is 41.9 Å². The Morgan fingerprint density at radius 3 is 2.64 bits per heavy atom. The first-order valence-corrected chi connectivity index (χ1v) is 10.4. The summed E-state index contributed by atoms with van der Waals surface area (Å²) >= 11 is 6.25. The molecule has 4 rings (SSSR count). The van der Waals surface area contributed by atoms with Crippen LogP contribution < -0.4 is 5.32 Å². The van der Waals surface area contributed by atoms with Gasteiger partial charge in [-0.25, -0.2) is 4.98 Å². The van der Waals surface area contributed by atoms with Gasteiger partial charge in [-0.15, -0.1) is 0 Å². The molecule has 0 bridgehead atoms. The third-order valence-electron chi connectivity index (χ3n) is 5.16. The molecule has 5 heteroatoms. The van der Waals surface area contributed by atoms with Crippen LogP contribution in [0.4, 0.5) is 5.69 Å². The summed E-state index contributed by atoms with van der Waals surface area (Å²) in [7, 11) is 0. The Bertz CT molecular complexity index is 910. The minimum Gasteiger partial charge on any atom is -0.384 e. The molecule has 0 radical (unpaired) electrons. The number of pyridine rings is 1. The number of fused-ring (bicyclic) bond motifs is 1. The van der Waals surface area contributed by atoms with E-state index in [2.05, 4.69) is 28.4 Å². The van der Waals surface area contributed by atoms with E-state index < -0.39 is 0 Å². The molecule has 0 aliphatic carbocycles. The number of nitrogens with one attached hydrogen (secondary N) is 1. The van der Waals surface area contributed by atoms with E-state index in [0.717, 1.165) is 78.7 Å². The molecule has 1 aliphatic rings. The SMILES string of the molecule is Clc1ccc2nc(-c3ccccc3)cc(NCCCCN3CCOCC3)c2c1.